The van der Waals surface area contributed by atoms with Crippen molar-refractivity contribution in [3.05, 3.63) is 59.4 Å². The zero-order valence-electron chi connectivity index (χ0n) is 12.5. The second-order valence-electron chi connectivity index (χ2n) is 5.55. The van der Waals surface area contributed by atoms with Gasteiger partial charge in [-0.1, -0.05) is 12.1 Å². The van der Waals surface area contributed by atoms with Crippen LogP contribution in [0.25, 0.3) is 10.9 Å². The first-order valence-corrected chi connectivity index (χ1v) is 7.50. The number of Topliss-reactive ketones (excluding diaryl/α,β-unsaturated/α-hetero) is 1. The Hall–Kier alpha value is -2.89. The number of hydrogen-bond donors (Lipinski definition) is 0. The SMILES string of the molecule is O=C1CCc2cc(Oc3nc(C(F)F)nc4ccccc34)ccc21. The number of rotatable bonds is 3. The Morgan fingerprint density at radius 3 is 2.71 bits per heavy atom. The van der Waals surface area contributed by atoms with Crippen LogP contribution < -0.4 is 4.74 Å². The normalized spacial score (nSPS) is 13.5. The van der Waals surface area contributed by atoms with E-state index >= 15 is 0 Å². The van der Waals surface area contributed by atoms with Crippen molar-refractivity contribution in [3.63, 3.8) is 0 Å². The summed E-state index contributed by atoms with van der Waals surface area (Å²) in [5.41, 5.74) is 2.00. The fraction of sp³-hybridized carbons (Fsp3) is 0.167. The monoisotopic (exact) mass is 326 g/mol. The molecular weight excluding hydrogens is 314 g/mol. The molecule has 1 heterocycles. The molecule has 0 amide bonds. The van der Waals surface area contributed by atoms with Crippen molar-refractivity contribution in [1.29, 1.82) is 0 Å². The van der Waals surface area contributed by atoms with Crippen molar-refractivity contribution in [2.75, 3.05) is 0 Å². The molecule has 2 aromatic carbocycles. The molecule has 0 fully saturated rings. The van der Waals surface area contributed by atoms with Gasteiger partial charge in [-0.15, -0.1) is 0 Å². The van der Waals surface area contributed by atoms with Gasteiger partial charge in [0, 0.05) is 12.0 Å². The van der Waals surface area contributed by atoms with Crippen molar-refractivity contribution in [2.24, 2.45) is 0 Å². The fourth-order valence-corrected chi connectivity index (χ4v) is 2.85. The molecule has 4 nitrogen and oxygen atoms in total. The maximum atomic E-state index is 13.0. The number of para-hydroxylation sites is 1. The molecule has 1 aromatic heterocycles. The van der Waals surface area contributed by atoms with Crippen molar-refractivity contribution < 1.29 is 18.3 Å². The minimum Gasteiger partial charge on any atom is -0.438 e. The van der Waals surface area contributed by atoms with Gasteiger partial charge in [0.05, 0.1) is 10.9 Å². The van der Waals surface area contributed by atoms with E-state index in [1.54, 1.807) is 42.5 Å². The molecule has 3 aromatic rings. The van der Waals surface area contributed by atoms with E-state index in [0.717, 1.165) is 5.56 Å². The van der Waals surface area contributed by atoms with Crippen molar-refractivity contribution in [2.45, 2.75) is 19.3 Å². The minimum atomic E-state index is -2.78. The number of aromatic nitrogens is 2. The highest BCUT2D eigenvalue weighted by molar-refractivity contribution is 6.00. The first kappa shape index (κ1) is 14.7. The topological polar surface area (TPSA) is 52.1 Å². The van der Waals surface area contributed by atoms with Gasteiger partial charge in [-0.25, -0.2) is 13.8 Å². The molecule has 120 valence electrons. The molecule has 6 heteroatoms. The number of carbonyl (C=O) groups is 1. The summed E-state index contributed by atoms with van der Waals surface area (Å²) < 4.78 is 31.8. The molecule has 0 bridgehead atoms. The molecule has 4 rings (SSSR count). The first-order chi connectivity index (χ1) is 11.6. The number of alkyl halides is 2. The molecule has 0 saturated carbocycles. The number of hydrogen-bond acceptors (Lipinski definition) is 4. The van der Waals surface area contributed by atoms with Gasteiger partial charge in [-0.2, -0.15) is 4.98 Å². The second-order valence-corrected chi connectivity index (χ2v) is 5.55. The first-order valence-electron chi connectivity index (χ1n) is 7.50. The van der Waals surface area contributed by atoms with Gasteiger partial charge in [0.2, 0.25) is 5.88 Å². The number of halogens is 2. The Morgan fingerprint density at radius 2 is 1.88 bits per heavy atom. The van der Waals surface area contributed by atoms with Crippen LogP contribution in [0.3, 0.4) is 0 Å². The highest BCUT2D eigenvalue weighted by Crippen LogP contribution is 2.32. The Morgan fingerprint density at radius 1 is 1.04 bits per heavy atom. The number of ether oxygens (including phenoxy) is 1. The number of carbonyl (C=O) groups excluding carboxylic acids is 1. The highest BCUT2D eigenvalue weighted by atomic mass is 19.3. The Balaban J connectivity index is 1.78. The Labute approximate surface area is 136 Å². The minimum absolute atomic E-state index is 0.0835. The molecule has 0 atom stereocenters. The van der Waals surface area contributed by atoms with E-state index in [4.69, 9.17) is 4.74 Å². The van der Waals surface area contributed by atoms with Crippen LogP contribution >= 0.6 is 0 Å². The van der Waals surface area contributed by atoms with E-state index in [0.29, 0.717) is 35.1 Å². The van der Waals surface area contributed by atoms with E-state index in [1.165, 1.54) is 0 Å². The average molecular weight is 326 g/mol. The van der Waals surface area contributed by atoms with Crippen LogP contribution in [-0.4, -0.2) is 15.8 Å². The highest BCUT2D eigenvalue weighted by Gasteiger charge is 2.21. The molecule has 1 aliphatic carbocycles. The van der Waals surface area contributed by atoms with Crippen molar-refractivity contribution >= 4 is 16.7 Å². The quantitative estimate of drug-likeness (QED) is 0.711. The van der Waals surface area contributed by atoms with E-state index in [9.17, 15) is 13.6 Å². The summed E-state index contributed by atoms with van der Waals surface area (Å²) in [6.45, 7) is 0. The largest absolute Gasteiger partial charge is 0.438 e. The Kier molecular flexibility index (Phi) is 3.45. The smallest absolute Gasteiger partial charge is 0.297 e. The van der Waals surface area contributed by atoms with E-state index < -0.39 is 12.2 Å². The maximum absolute atomic E-state index is 13.0. The van der Waals surface area contributed by atoms with Crippen LogP contribution in [0, 0.1) is 0 Å². The Bertz CT molecular complexity index is 957. The fourth-order valence-electron chi connectivity index (χ4n) is 2.85. The molecule has 0 spiro atoms. The lowest BCUT2D eigenvalue weighted by atomic mass is 10.1. The van der Waals surface area contributed by atoms with Gasteiger partial charge in [0.1, 0.15) is 5.75 Å². The van der Waals surface area contributed by atoms with Crippen LogP contribution in [0.4, 0.5) is 8.78 Å². The van der Waals surface area contributed by atoms with Gasteiger partial charge < -0.3 is 4.74 Å². The summed E-state index contributed by atoms with van der Waals surface area (Å²) in [7, 11) is 0. The van der Waals surface area contributed by atoms with E-state index in [2.05, 4.69) is 9.97 Å². The van der Waals surface area contributed by atoms with Crippen LogP contribution in [0.15, 0.2) is 42.5 Å². The van der Waals surface area contributed by atoms with E-state index in [1.807, 2.05) is 0 Å². The number of benzene rings is 2. The summed E-state index contributed by atoms with van der Waals surface area (Å²) in [5, 5.41) is 0.554. The van der Waals surface area contributed by atoms with Crippen LogP contribution in [0.1, 0.15) is 34.6 Å². The van der Waals surface area contributed by atoms with Crippen LogP contribution in [0.2, 0.25) is 0 Å². The van der Waals surface area contributed by atoms with Crippen molar-refractivity contribution in [3.8, 4) is 11.6 Å². The summed E-state index contributed by atoms with van der Waals surface area (Å²) >= 11 is 0. The van der Waals surface area contributed by atoms with Gasteiger partial charge in [0.25, 0.3) is 6.43 Å². The zero-order chi connectivity index (χ0) is 16.7. The van der Waals surface area contributed by atoms with Gasteiger partial charge in [0.15, 0.2) is 11.6 Å². The third-order valence-corrected chi connectivity index (χ3v) is 3.99. The lowest BCUT2D eigenvalue weighted by Crippen LogP contribution is -2.00. The third-order valence-electron chi connectivity index (χ3n) is 3.99. The lowest BCUT2D eigenvalue weighted by molar-refractivity contribution is 0.0994. The molecule has 0 N–H and O–H groups in total. The second kappa shape index (κ2) is 5.63. The summed E-state index contributed by atoms with van der Waals surface area (Å²) in [4.78, 5) is 19.4. The molecule has 0 radical (unpaired) electrons. The van der Waals surface area contributed by atoms with Gasteiger partial charge >= 0.3 is 0 Å². The number of ketones is 1. The summed E-state index contributed by atoms with van der Waals surface area (Å²) in [6.07, 6.45) is -1.63. The standard InChI is InChI=1S/C18H12F2N2O2/c19-16(20)17-21-14-4-2-1-3-13(14)18(22-17)24-11-6-7-12-10(9-11)5-8-15(12)23/h1-4,6-7,9,16H,5,8H2. The van der Waals surface area contributed by atoms with Crippen molar-refractivity contribution in [1.82, 2.24) is 9.97 Å². The molecule has 0 saturated heterocycles. The average Bonchev–Trinajstić information content (AvgIpc) is 2.95. The predicted molar refractivity (Wildman–Crippen MR) is 83.7 cm³/mol. The molecular formula is C18H12F2N2O2. The zero-order valence-corrected chi connectivity index (χ0v) is 12.5. The number of nitrogens with zero attached hydrogens (tertiary/aromatic N) is 2. The number of aryl methyl sites for hydroxylation is 1. The van der Waals surface area contributed by atoms with Crippen LogP contribution in [-0.2, 0) is 6.42 Å². The lowest BCUT2D eigenvalue weighted by Gasteiger charge is -2.10. The molecule has 0 aliphatic heterocycles. The van der Waals surface area contributed by atoms with Crippen LogP contribution in [0.5, 0.6) is 11.6 Å². The van der Waals surface area contributed by atoms with Gasteiger partial charge in [-0.3, -0.25) is 4.79 Å². The molecule has 24 heavy (non-hydrogen) atoms. The molecule has 0 unspecified atom stereocenters. The van der Waals surface area contributed by atoms with E-state index in [-0.39, 0.29) is 11.7 Å². The summed E-state index contributed by atoms with van der Waals surface area (Å²) in [5.74, 6) is 0.0942. The van der Waals surface area contributed by atoms with Gasteiger partial charge in [-0.05, 0) is 42.3 Å². The predicted octanol–water partition coefficient (Wildman–Crippen LogP) is 4.49. The number of fused-ring (bicyclic) bond motifs is 2. The summed E-state index contributed by atoms with van der Waals surface area (Å²) in [6, 6.07) is 12.0. The maximum Gasteiger partial charge on any atom is 0.297 e. The molecule has 1 aliphatic rings. The third kappa shape index (κ3) is 2.50.